The Morgan fingerprint density at radius 1 is 0.900 bits per heavy atom. The van der Waals surface area contributed by atoms with Crippen LogP contribution in [-0.4, -0.2) is 26.9 Å². The SMILES string of the molecule is CC1C=CC=C([C@@]2(C)N=C(c3cncnc3)N[C@@]2(C)C2=CC(C)(C)C=CC=C2)C=C1. The summed E-state index contributed by atoms with van der Waals surface area (Å²) >= 11 is 0. The maximum absolute atomic E-state index is 5.26. The molecule has 1 aliphatic heterocycles. The average molecular weight is 399 g/mol. The zero-order chi connectivity index (χ0) is 21.4. The highest BCUT2D eigenvalue weighted by molar-refractivity contribution is 6.01. The van der Waals surface area contributed by atoms with Crippen LogP contribution in [-0.2, 0) is 0 Å². The van der Waals surface area contributed by atoms with E-state index in [0.717, 1.165) is 11.4 Å². The number of aliphatic imine (C=N–C) groups is 1. The van der Waals surface area contributed by atoms with Gasteiger partial charge in [0.05, 0.1) is 11.1 Å². The molecule has 1 unspecified atom stereocenters. The Bertz CT molecular complexity index is 1040. The van der Waals surface area contributed by atoms with E-state index in [-0.39, 0.29) is 5.41 Å². The number of hydrogen-bond acceptors (Lipinski definition) is 4. The Morgan fingerprint density at radius 3 is 2.43 bits per heavy atom. The van der Waals surface area contributed by atoms with E-state index in [9.17, 15) is 0 Å². The molecule has 2 aliphatic carbocycles. The third-order valence-corrected chi connectivity index (χ3v) is 6.36. The molecule has 4 rings (SSSR count). The van der Waals surface area contributed by atoms with Gasteiger partial charge in [-0.3, -0.25) is 4.99 Å². The quantitative estimate of drug-likeness (QED) is 0.770. The largest absolute Gasteiger partial charge is 0.358 e. The van der Waals surface area contributed by atoms with Crippen molar-refractivity contribution in [3.8, 4) is 0 Å². The third-order valence-electron chi connectivity index (χ3n) is 6.36. The zero-order valence-corrected chi connectivity index (χ0v) is 18.4. The van der Waals surface area contributed by atoms with Gasteiger partial charge >= 0.3 is 0 Å². The van der Waals surface area contributed by atoms with Crippen molar-refractivity contribution in [2.75, 3.05) is 0 Å². The first-order chi connectivity index (χ1) is 14.2. The van der Waals surface area contributed by atoms with Gasteiger partial charge in [-0.1, -0.05) is 81.5 Å². The average Bonchev–Trinajstić information content (AvgIpc) is 2.88. The van der Waals surface area contributed by atoms with Gasteiger partial charge in [0, 0.05) is 17.8 Å². The van der Waals surface area contributed by atoms with E-state index in [2.05, 4.69) is 111 Å². The predicted molar refractivity (Wildman–Crippen MR) is 124 cm³/mol. The Labute approximate surface area is 179 Å². The van der Waals surface area contributed by atoms with Gasteiger partial charge in [0.25, 0.3) is 0 Å². The lowest BCUT2D eigenvalue weighted by atomic mass is 9.69. The van der Waals surface area contributed by atoms with Gasteiger partial charge in [-0.05, 0) is 30.9 Å². The summed E-state index contributed by atoms with van der Waals surface area (Å²) in [7, 11) is 0. The van der Waals surface area contributed by atoms with Crippen molar-refractivity contribution < 1.29 is 0 Å². The van der Waals surface area contributed by atoms with Crippen LogP contribution in [0.25, 0.3) is 0 Å². The second kappa shape index (κ2) is 7.35. The lowest BCUT2D eigenvalue weighted by Gasteiger charge is -2.42. The second-order valence-corrected chi connectivity index (χ2v) is 9.27. The smallest absolute Gasteiger partial charge is 0.133 e. The van der Waals surface area contributed by atoms with Crippen molar-refractivity contribution in [1.82, 2.24) is 15.3 Å². The van der Waals surface area contributed by atoms with Crippen molar-refractivity contribution in [2.24, 2.45) is 16.3 Å². The van der Waals surface area contributed by atoms with Gasteiger partial charge in [-0.25, -0.2) is 9.97 Å². The van der Waals surface area contributed by atoms with E-state index in [1.54, 1.807) is 6.33 Å². The number of nitrogens with zero attached hydrogens (tertiary/aromatic N) is 3. The molecule has 2 heterocycles. The van der Waals surface area contributed by atoms with Gasteiger partial charge < -0.3 is 5.32 Å². The van der Waals surface area contributed by atoms with Gasteiger partial charge in [0.15, 0.2) is 0 Å². The fraction of sp³-hybridized carbons (Fsp3) is 0.346. The van der Waals surface area contributed by atoms with E-state index in [0.29, 0.717) is 5.92 Å². The van der Waals surface area contributed by atoms with Crippen molar-refractivity contribution in [3.05, 3.63) is 96.2 Å². The molecule has 0 spiro atoms. The van der Waals surface area contributed by atoms with Crippen LogP contribution in [0.4, 0.5) is 0 Å². The number of hydrogen-bond donors (Lipinski definition) is 1. The fourth-order valence-electron chi connectivity index (χ4n) is 4.29. The summed E-state index contributed by atoms with van der Waals surface area (Å²) in [6.07, 6.45) is 27.2. The minimum atomic E-state index is -0.514. The maximum atomic E-state index is 5.26. The van der Waals surface area contributed by atoms with Gasteiger partial charge in [-0.15, -0.1) is 0 Å². The molecule has 0 saturated carbocycles. The summed E-state index contributed by atoms with van der Waals surface area (Å²) in [5.41, 5.74) is 2.27. The molecule has 3 aliphatic rings. The fourth-order valence-corrected chi connectivity index (χ4v) is 4.29. The van der Waals surface area contributed by atoms with E-state index in [1.807, 2.05) is 12.4 Å². The molecule has 0 bridgehead atoms. The molecule has 0 fully saturated rings. The van der Waals surface area contributed by atoms with E-state index >= 15 is 0 Å². The van der Waals surface area contributed by atoms with Crippen molar-refractivity contribution in [1.29, 1.82) is 0 Å². The van der Waals surface area contributed by atoms with E-state index in [1.165, 1.54) is 11.1 Å². The Kier molecular flexibility index (Phi) is 4.97. The highest BCUT2D eigenvalue weighted by atomic mass is 15.2. The molecule has 30 heavy (non-hydrogen) atoms. The first-order valence-corrected chi connectivity index (χ1v) is 10.5. The normalized spacial score (nSPS) is 32.0. The summed E-state index contributed by atoms with van der Waals surface area (Å²) in [6.45, 7) is 11.1. The second-order valence-electron chi connectivity index (χ2n) is 9.27. The predicted octanol–water partition coefficient (Wildman–Crippen LogP) is 5.11. The molecule has 4 nitrogen and oxygen atoms in total. The number of nitrogens with one attached hydrogen (secondary N) is 1. The Hall–Kier alpha value is -3.01. The summed E-state index contributed by atoms with van der Waals surface area (Å²) < 4.78 is 0. The van der Waals surface area contributed by atoms with Crippen LogP contribution in [0.15, 0.2) is 95.6 Å². The van der Waals surface area contributed by atoms with Crippen molar-refractivity contribution in [2.45, 2.75) is 45.7 Å². The molecule has 0 radical (unpaired) electrons. The summed E-state index contributed by atoms with van der Waals surface area (Å²) in [5, 5.41) is 3.76. The number of allylic oxidation sites excluding steroid dienone is 8. The first kappa shape index (κ1) is 20.3. The van der Waals surface area contributed by atoms with Crippen LogP contribution >= 0.6 is 0 Å². The highest BCUT2D eigenvalue weighted by Gasteiger charge is 2.53. The Balaban J connectivity index is 1.89. The van der Waals surface area contributed by atoms with Crippen molar-refractivity contribution in [3.63, 3.8) is 0 Å². The molecule has 4 heteroatoms. The van der Waals surface area contributed by atoms with Crippen LogP contribution < -0.4 is 5.32 Å². The molecule has 1 N–H and O–H groups in total. The van der Waals surface area contributed by atoms with Crippen LogP contribution in [0.3, 0.4) is 0 Å². The number of aromatic nitrogens is 2. The highest BCUT2D eigenvalue weighted by Crippen LogP contribution is 2.45. The monoisotopic (exact) mass is 398 g/mol. The minimum Gasteiger partial charge on any atom is -0.358 e. The van der Waals surface area contributed by atoms with Crippen LogP contribution in [0.1, 0.15) is 40.2 Å². The molecular formula is C26H30N4. The lowest BCUT2D eigenvalue weighted by molar-refractivity contribution is 0.357. The van der Waals surface area contributed by atoms with Crippen molar-refractivity contribution >= 4 is 5.84 Å². The summed E-state index contributed by atoms with van der Waals surface area (Å²) in [5.74, 6) is 1.22. The Morgan fingerprint density at radius 2 is 1.67 bits per heavy atom. The van der Waals surface area contributed by atoms with Gasteiger partial charge in [0.2, 0.25) is 0 Å². The minimum absolute atomic E-state index is 0.0505. The summed E-state index contributed by atoms with van der Waals surface area (Å²) in [4.78, 5) is 13.7. The molecule has 3 atom stereocenters. The maximum Gasteiger partial charge on any atom is 0.133 e. The topological polar surface area (TPSA) is 50.2 Å². The van der Waals surface area contributed by atoms with Crippen LogP contribution in [0, 0.1) is 11.3 Å². The van der Waals surface area contributed by atoms with E-state index < -0.39 is 11.1 Å². The molecule has 0 saturated heterocycles. The van der Waals surface area contributed by atoms with Gasteiger partial charge in [0.1, 0.15) is 17.7 Å². The molecule has 0 aromatic carbocycles. The molecule has 154 valence electrons. The van der Waals surface area contributed by atoms with E-state index in [4.69, 9.17) is 4.99 Å². The number of amidine groups is 1. The zero-order valence-electron chi connectivity index (χ0n) is 18.4. The summed E-state index contributed by atoms with van der Waals surface area (Å²) in [6, 6.07) is 0. The first-order valence-electron chi connectivity index (χ1n) is 10.5. The van der Waals surface area contributed by atoms with Gasteiger partial charge in [-0.2, -0.15) is 0 Å². The van der Waals surface area contributed by atoms with Crippen LogP contribution in [0.2, 0.25) is 0 Å². The number of rotatable bonds is 3. The lowest BCUT2D eigenvalue weighted by Crippen LogP contribution is -2.56. The molecular weight excluding hydrogens is 368 g/mol. The standard InChI is InChI=1S/C26H30N4/c1-19-9-8-11-21(13-12-19)25(4)26(5,22-10-6-7-14-24(2,3)15-22)30-23(29-25)20-16-27-18-28-17-20/h6-19H,1-5H3,(H,29,30)/t19?,25-,26+/m1/s1. The molecule has 0 amide bonds. The van der Waals surface area contributed by atoms with Crippen LogP contribution in [0.5, 0.6) is 0 Å². The molecule has 1 aromatic rings. The third kappa shape index (κ3) is 3.51. The molecule has 1 aromatic heterocycles.